The van der Waals surface area contributed by atoms with Crippen LogP contribution in [0.1, 0.15) is 38.7 Å². The molecule has 1 fully saturated rings. The Morgan fingerprint density at radius 3 is 2.56 bits per heavy atom. The predicted molar refractivity (Wildman–Crippen MR) is 77.3 cm³/mol. The molecule has 2 N–H and O–H groups in total. The fourth-order valence-electron chi connectivity index (χ4n) is 3.39. The molecule has 0 bridgehead atoms. The third-order valence-electron chi connectivity index (χ3n) is 4.48. The van der Waals surface area contributed by atoms with E-state index >= 15 is 0 Å². The van der Waals surface area contributed by atoms with Gasteiger partial charge in [-0.2, -0.15) is 0 Å². The highest BCUT2D eigenvalue weighted by Crippen LogP contribution is 2.38. The molecule has 0 aliphatic heterocycles. The Morgan fingerprint density at radius 2 is 2.06 bits per heavy atom. The Hall–Kier alpha value is -0.860. The number of nitrogens with two attached hydrogens (primary N) is 1. The number of nitrogens with zero attached hydrogens (tertiary/aromatic N) is 1. The van der Waals surface area contributed by atoms with Crippen molar-refractivity contribution in [2.24, 2.45) is 11.7 Å². The van der Waals surface area contributed by atoms with Gasteiger partial charge in [-0.05, 0) is 37.3 Å². The van der Waals surface area contributed by atoms with E-state index in [0.29, 0.717) is 0 Å². The number of rotatable bonds is 5. The number of hydrogen-bond acceptors (Lipinski definition) is 2. The zero-order valence-electron chi connectivity index (χ0n) is 11.7. The van der Waals surface area contributed by atoms with Gasteiger partial charge in [-0.15, -0.1) is 0 Å². The van der Waals surface area contributed by atoms with E-state index in [4.69, 9.17) is 5.73 Å². The maximum atomic E-state index is 6.12. The van der Waals surface area contributed by atoms with E-state index in [9.17, 15) is 0 Å². The molecule has 1 aromatic rings. The van der Waals surface area contributed by atoms with Crippen LogP contribution in [0.4, 0.5) is 0 Å². The average molecular weight is 246 g/mol. The first-order chi connectivity index (χ1) is 8.70. The second-order valence-corrected chi connectivity index (χ2v) is 5.78. The quantitative estimate of drug-likeness (QED) is 0.865. The van der Waals surface area contributed by atoms with Crippen molar-refractivity contribution in [2.45, 2.75) is 45.2 Å². The summed E-state index contributed by atoms with van der Waals surface area (Å²) in [5, 5.41) is 0. The van der Waals surface area contributed by atoms with E-state index in [1.165, 1.54) is 24.8 Å². The average Bonchev–Trinajstić information content (AvgIpc) is 2.80. The fraction of sp³-hybridized carbons (Fsp3) is 0.625. The van der Waals surface area contributed by atoms with Crippen LogP contribution < -0.4 is 5.73 Å². The van der Waals surface area contributed by atoms with Crippen LogP contribution in [-0.4, -0.2) is 23.5 Å². The molecule has 100 valence electrons. The summed E-state index contributed by atoms with van der Waals surface area (Å²) in [7, 11) is 0. The summed E-state index contributed by atoms with van der Waals surface area (Å²) in [5.74, 6) is 0.818. The maximum Gasteiger partial charge on any atom is 0.0337 e. The summed E-state index contributed by atoms with van der Waals surface area (Å²) in [6.07, 6.45) is 3.83. The molecule has 2 atom stereocenters. The smallest absolute Gasteiger partial charge is 0.0337 e. The van der Waals surface area contributed by atoms with Crippen molar-refractivity contribution in [1.82, 2.24) is 4.90 Å². The van der Waals surface area contributed by atoms with E-state index in [2.05, 4.69) is 49.1 Å². The molecule has 1 aliphatic carbocycles. The normalized spacial score (nSPS) is 27.9. The zero-order valence-corrected chi connectivity index (χ0v) is 11.7. The van der Waals surface area contributed by atoms with E-state index in [1.54, 1.807) is 0 Å². The van der Waals surface area contributed by atoms with Crippen molar-refractivity contribution in [3.63, 3.8) is 0 Å². The van der Waals surface area contributed by atoms with Gasteiger partial charge in [0.25, 0.3) is 0 Å². The third-order valence-corrected chi connectivity index (χ3v) is 4.48. The highest BCUT2D eigenvalue weighted by molar-refractivity contribution is 5.15. The molecule has 0 amide bonds. The van der Waals surface area contributed by atoms with Crippen molar-refractivity contribution < 1.29 is 0 Å². The van der Waals surface area contributed by atoms with Crippen molar-refractivity contribution in [3.8, 4) is 0 Å². The van der Waals surface area contributed by atoms with Gasteiger partial charge >= 0.3 is 0 Å². The minimum absolute atomic E-state index is 0.240. The summed E-state index contributed by atoms with van der Waals surface area (Å²) in [4.78, 5) is 2.59. The molecular weight excluding hydrogens is 220 g/mol. The molecule has 18 heavy (non-hydrogen) atoms. The number of likely N-dealkylation sites (N-methyl/N-ethyl adjacent to an activating group) is 1. The summed E-state index contributed by atoms with van der Waals surface area (Å²) in [6, 6.07) is 10.7. The van der Waals surface area contributed by atoms with Crippen molar-refractivity contribution in [1.29, 1.82) is 0 Å². The SMILES string of the molecule is CCN(Cc1ccccc1)C1(CN)CCC(C)C1. The summed E-state index contributed by atoms with van der Waals surface area (Å²) >= 11 is 0. The van der Waals surface area contributed by atoms with Crippen LogP contribution >= 0.6 is 0 Å². The van der Waals surface area contributed by atoms with Crippen LogP contribution in [0, 0.1) is 5.92 Å². The molecule has 0 spiro atoms. The second-order valence-electron chi connectivity index (χ2n) is 5.78. The lowest BCUT2D eigenvalue weighted by Gasteiger charge is -2.40. The van der Waals surface area contributed by atoms with Crippen LogP contribution in [0.3, 0.4) is 0 Å². The molecule has 0 radical (unpaired) electrons. The molecule has 1 saturated carbocycles. The van der Waals surface area contributed by atoms with Crippen LogP contribution in [0.25, 0.3) is 0 Å². The first kappa shape index (κ1) is 13.6. The number of benzene rings is 1. The lowest BCUT2D eigenvalue weighted by Crippen LogP contribution is -2.51. The molecule has 2 nitrogen and oxygen atoms in total. The highest BCUT2D eigenvalue weighted by Gasteiger charge is 2.40. The standard InChI is InChI=1S/C16H26N2/c1-3-18(12-15-7-5-4-6-8-15)16(13-17)10-9-14(2)11-16/h4-8,14H,3,9-13,17H2,1-2H3. The zero-order chi connectivity index (χ0) is 13.0. The van der Waals surface area contributed by atoms with Gasteiger partial charge < -0.3 is 5.73 Å². The lowest BCUT2D eigenvalue weighted by atomic mass is 9.93. The fourth-order valence-corrected chi connectivity index (χ4v) is 3.39. The van der Waals surface area contributed by atoms with Gasteiger partial charge in [-0.3, -0.25) is 4.90 Å². The van der Waals surface area contributed by atoms with Gasteiger partial charge in [0.1, 0.15) is 0 Å². The van der Waals surface area contributed by atoms with Gasteiger partial charge in [0, 0.05) is 18.6 Å². The summed E-state index contributed by atoms with van der Waals surface area (Å²) in [5.41, 5.74) is 7.75. The highest BCUT2D eigenvalue weighted by atomic mass is 15.2. The minimum atomic E-state index is 0.240. The summed E-state index contributed by atoms with van der Waals surface area (Å²) in [6.45, 7) is 7.51. The molecule has 2 unspecified atom stereocenters. The predicted octanol–water partition coefficient (Wildman–Crippen LogP) is 3.03. The Labute approximate surface area is 111 Å². The molecule has 2 rings (SSSR count). The van der Waals surface area contributed by atoms with E-state index in [0.717, 1.165) is 25.6 Å². The Morgan fingerprint density at radius 1 is 1.33 bits per heavy atom. The topological polar surface area (TPSA) is 29.3 Å². The van der Waals surface area contributed by atoms with Crippen LogP contribution in [0.15, 0.2) is 30.3 Å². The molecule has 1 aliphatic rings. The molecule has 2 heteroatoms. The third kappa shape index (κ3) is 2.76. The van der Waals surface area contributed by atoms with Gasteiger partial charge in [0.2, 0.25) is 0 Å². The second kappa shape index (κ2) is 5.85. The molecule has 0 saturated heterocycles. The van der Waals surface area contributed by atoms with Crippen LogP contribution in [0.2, 0.25) is 0 Å². The molecule has 0 heterocycles. The van der Waals surface area contributed by atoms with Crippen LogP contribution in [0.5, 0.6) is 0 Å². The van der Waals surface area contributed by atoms with E-state index < -0.39 is 0 Å². The Bertz CT molecular complexity index is 363. The summed E-state index contributed by atoms with van der Waals surface area (Å²) < 4.78 is 0. The lowest BCUT2D eigenvalue weighted by molar-refractivity contribution is 0.0937. The molecular formula is C16H26N2. The first-order valence-electron chi connectivity index (χ1n) is 7.19. The van der Waals surface area contributed by atoms with Crippen molar-refractivity contribution in [2.75, 3.05) is 13.1 Å². The minimum Gasteiger partial charge on any atom is -0.329 e. The van der Waals surface area contributed by atoms with Gasteiger partial charge in [0.15, 0.2) is 0 Å². The van der Waals surface area contributed by atoms with E-state index in [-0.39, 0.29) is 5.54 Å². The largest absolute Gasteiger partial charge is 0.329 e. The Kier molecular flexibility index (Phi) is 4.41. The number of hydrogen-bond donors (Lipinski definition) is 1. The monoisotopic (exact) mass is 246 g/mol. The van der Waals surface area contributed by atoms with E-state index in [1.807, 2.05) is 0 Å². The van der Waals surface area contributed by atoms with Crippen molar-refractivity contribution >= 4 is 0 Å². The van der Waals surface area contributed by atoms with Gasteiger partial charge in [-0.25, -0.2) is 0 Å². The van der Waals surface area contributed by atoms with Crippen molar-refractivity contribution in [3.05, 3.63) is 35.9 Å². The first-order valence-corrected chi connectivity index (χ1v) is 7.19. The maximum absolute atomic E-state index is 6.12. The van der Waals surface area contributed by atoms with Gasteiger partial charge in [0.05, 0.1) is 0 Å². The molecule has 0 aromatic heterocycles. The Balaban J connectivity index is 2.12. The van der Waals surface area contributed by atoms with Gasteiger partial charge in [-0.1, -0.05) is 44.2 Å². The van der Waals surface area contributed by atoms with Crippen LogP contribution in [-0.2, 0) is 6.54 Å². The molecule has 1 aromatic carbocycles.